The summed E-state index contributed by atoms with van der Waals surface area (Å²) >= 11 is 0. The fraction of sp³-hybridized carbons (Fsp3) is 0.350. The Bertz CT molecular complexity index is 605. The second kappa shape index (κ2) is 8.37. The van der Waals surface area contributed by atoms with Crippen molar-refractivity contribution in [3.05, 3.63) is 60.2 Å². The van der Waals surface area contributed by atoms with Gasteiger partial charge in [-0.25, -0.2) is 0 Å². The van der Waals surface area contributed by atoms with Crippen LogP contribution in [-0.2, 0) is 11.3 Å². The molecule has 0 bridgehead atoms. The van der Waals surface area contributed by atoms with E-state index in [9.17, 15) is 4.79 Å². The summed E-state index contributed by atoms with van der Waals surface area (Å²) in [6.45, 7) is 8.07. The van der Waals surface area contributed by atoms with Crippen LogP contribution in [0.25, 0.3) is 0 Å². The molecule has 1 amide bonds. The van der Waals surface area contributed by atoms with Crippen LogP contribution in [0.15, 0.2) is 54.6 Å². The maximum Gasteiger partial charge on any atom is 0.224 e. The Kier molecular flexibility index (Phi) is 6.21. The SMILES string of the molecule is CCN(Cc1ccccc1)c1ccc(NC(=O)CC(C)C)cc1. The van der Waals surface area contributed by atoms with E-state index in [4.69, 9.17) is 0 Å². The largest absolute Gasteiger partial charge is 0.367 e. The van der Waals surface area contributed by atoms with E-state index in [2.05, 4.69) is 53.5 Å². The van der Waals surface area contributed by atoms with Crippen molar-refractivity contribution < 1.29 is 4.79 Å². The van der Waals surface area contributed by atoms with E-state index >= 15 is 0 Å². The molecule has 0 spiro atoms. The van der Waals surface area contributed by atoms with Crippen molar-refractivity contribution in [1.82, 2.24) is 0 Å². The first-order chi connectivity index (χ1) is 11.1. The molecule has 0 saturated carbocycles. The van der Waals surface area contributed by atoms with E-state index in [1.54, 1.807) is 0 Å². The molecule has 0 aromatic heterocycles. The molecule has 122 valence electrons. The molecule has 2 aromatic rings. The third-order valence-corrected chi connectivity index (χ3v) is 3.71. The van der Waals surface area contributed by atoms with Gasteiger partial charge in [0.05, 0.1) is 0 Å². The number of nitrogens with one attached hydrogen (secondary N) is 1. The molecule has 3 heteroatoms. The second-order valence-corrected chi connectivity index (χ2v) is 6.19. The average molecular weight is 310 g/mol. The second-order valence-electron chi connectivity index (χ2n) is 6.19. The predicted octanol–water partition coefficient (Wildman–Crippen LogP) is 4.70. The minimum absolute atomic E-state index is 0.0735. The number of nitrogens with zero attached hydrogens (tertiary/aromatic N) is 1. The summed E-state index contributed by atoms with van der Waals surface area (Å²) in [6.07, 6.45) is 0.552. The van der Waals surface area contributed by atoms with Crippen molar-refractivity contribution in [3.63, 3.8) is 0 Å². The number of hydrogen-bond donors (Lipinski definition) is 1. The van der Waals surface area contributed by atoms with Gasteiger partial charge in [0.15, 0.2) is 0 Å². The zero-order valence-electron chi connectivity index (χ0n) is 14.3. The van der Waals surface area contributed by atoms with Gasteiger partial charge in [-0.2, -0.15) is 0 Å². The number of carbonyl (C=O) groups is 1. The van der Waals surface area contributed by atoms with Gasteiger partial charge in [0.2, 0.25) is 5.91 Å². The number of hydrogen-bond acceptors (Lipinski definition) is 2. The Balaban J connectivity index is 2.01. The lowest BCUT2D eigenvalue weighted by atomic mass is 10.1. The molecule has 23 heavy (non-hydrogen) atoms. The van der Waals surface area contributed by atoms with Crippen molar-refractivity contribution in [3.8, 4) is 0 Å². The smallest absolute Gasteiger partial charge is 0.224 e. The Morgan fingerprint density at radius 1 is 1.04 bits per heavy atom. The monoisotopic (exact) mass is 310 g/mol. The minimum Gasteiger partial charge on any atom is -0.367 e. The summed E-state index contributed by atoms with van der Waals surface area (Å²) < 4.78 is 0. The van der Waals surface area contributed by atoms with E-state index in [0.29, 0.717) is 12.3 Å². The molecule has 0 aliphatic rings. The quantitative estimate of drug-likeness (QED) is 0.804. The van der Waals surface area contributed by atoms with E-state index in [-0.39, 0.29) is 5.91 Å². The molecule has 0 saturated heterocycles. The Morgan fingerprint density at radius 3 is 2.26 bits per heavy atom. The number of amides is 1. The van der Waals surface area contributed by atoms with Crippen molar-refractivity contribution >= 4 is 17.3 Å². The molecular formula is C20H26N2O. The van der Waals surface area contributed by atoms with Crippen molar-refractivity contribution in [2.45, 2.75) is 33.7 Å². The van der Waals surface area contributed by atoms with Gasteiger partial charge in [0.25, 0.3) is 0 Å². The maximum absolute atomic E-state index is 11.8. The average Bonchev–Trinajstić information content (AvgIpc) is 2.53. The van der Waals surface area contributed by atoms with Crippen molar-refractivity contribution in [2.24, 2.45) is 5.92 Å². The van der Waals surface area contributed by atoms with E-state index in [1.807, 2.05) is 32.0 Å². The summed E-state index contributed by atoms with van der Waals surface area (Å²) in [4.78, 5) is 14.1. The molecule has 0 radical (unpaired) electrons. The van der Waals surface area contributed by atoms with Crippen molar-refractivity contribution in [1.29, 1.82) is 0 Å². The summed E-state index contributed by atoms with van der Waals surface area (Å²) in [5.74, 6) is 0.445. The van der Waals surface area contributed by atoms with Gasteiger partial charge in [-0.3, -0.25) is 4.79 Å². The first-order valence-corrected chi connectivity index (χ1v) is 8.27. The normalized spacial score (nSPS) is 10.6. The highest BCUT2D eigenvalue weighted by molar-refractivity contribution is 5.91. The zero-order chi connectivity index (χ0) is 16.7. The topological polar surface area (TPSA) is 32.3 Å². The first kappa shape index (κ1) is 17.1. The molecule has 0 aliphatic carbocycles. The molecule has 0 atom stereocenters. The van der Waals surface area contributed by atoms with Crippen LogP contribution in [0.3, 0.4) is 0 Å². The lowest BCUT2D eigenvalue weighted by Gasteiger charge is -2.23. The highest BCUT2D eigenvalue weighted by atomic mass is 16.1. The van der Waals surface area contributed by atoms with Crippen LogP contribution in [0, 0.1) is 5.92 Å². The van der Waals surface area contributed by atoms with E-state index < -0.39 is 0 Å². The van der Waals surface area contributed by atoms with Crippen molar-refractivity contribution in [2.75, 3.05) is 16.8 Å². The lowest BCUT2D eigenvalue weighted by molar-refractivity contribution is -0.116. The highest BCUT2D eigenvalue weighted by Gasteiger charge is 2.07. The summed E-state index contributed by atoms with van der Waals surface area (Å²) in [6, 6.07) is 18.5. The van der Waals surface area contributed by atoms with Gasteiger partial charge in [-0.1, -0.05) is 44.2 Å². The summed E-state index contributed by atoms with van der Waals surface area (Å²) in [5.41, 5.74) is 3.32. The van der Waals surface area contributed by atoms with Crippen LogP contribution in [0.4, 0.5) is 11.4 Å². The van der Waals surface area contributed by atoms with Crippen LogP contribution in [0.5, 0.6) is 0 Å². The van der Waals surface area contributed by atoms with Crippen LogP contribution in [0.1, 0.15) is 32.8 Å². The lowest BCUT2D eigenvalue weighted by Crippen LogP contribution is -2.22. The number of anilines is 2. The maximum atomic E-state index is 11.8. The molecular weight excluding hydrogens is 284 g/mol. The summed E-state index contributed by atoms with van der Waals surface area (Å²) in [5, 5.41) is 2.95. The van der Waals surface area contributed by atoms with Crippen LogP contribution in [0.2, 0.25) is 0 Å². The third-order valence-electron chi connectivity index (χ3n) is 3.71. The van der Waals surface area contributed by atoms with Gasteiger partial charge >= 0.3 is 0 Å². The summed E-state index contributed by atoms with van der Waals surface area (Å²) in [7, 11) is 0. The predicted molar refractivity (Wildman–Crippen MR) is 97.7 cm³/mol. The van der Waals surface area contributed by atoms with Gasteiger partial charge in [-0.05, 0) is 42.7 Å². The van der Waals surface area contributed by atoms with Gasteiger partial charge in [0.1, 0.15) is 0 Å². The van der Waals surface area contributed by atoms with Crippen LogP contribution < -0.4 is 10.2 Å². The Labute approximate surface area is 139 Å². The Morgan fingerprint density at radius 2 is 1.70 bits per heavy atom. The van der Waals surface area contributed by atoms with E-state index in [0.717, 1.165) is 18.8 Å². The number of benzene rings is 2. The van der Waals surface area contributed by atoms with Gasteiger partial charge < -0.3 is 10.2 Å². The molecule has 0 unspecified atom stereocenters. The zero-order valence-corrected chi connectivity index (χ0v) is 14.3. The van der Waals surface area contributed by atoms with Crippen LogP contribution in [-0.4, -0.2) is 12.5 Å². The standard InChI is InChI=1S/C20H26N2O/c1-4-22(15-17-8-6-5-7-9-17)19-12-10-18(11-13-19)21-20(23)14-16(2)3/h5-13,16H,4,14-15H2,1-3H3,(H,21,23). The first-order valence-electron chi connectivity index (χ1n) is 8.27. The minimum atomic E-state index is 0.0735. The molecule has 0 aliphatic heterocycles. The fourth-order valence-electron chi connectivity index (χ4n) is 2.53. The number of carbonyl (C=O) groups excluding carboxylic acids is 1. The number of rotatable bonds is 7. The van der Waals surface area contributed by atoms with Gasteiger partial charge in [-0.15, -0.1) is 0 Å². The molecule has 1 N–H and O–H groups in total. The van der Waals surface area contributed by atoms with Crippen LogP contribution >= 0.6 is 0 Å². The highest BCUT2D eigenvalue weighted by Crippen LogP contribution is 2.20. The molecule has 0 fully saturated rings. The van der Waals surface area contributed by atoms with E-state index in [1.165, 1.54) is 11.3 Å². The molecule has 2 rings (SSSR count). The molecule has 2 aromatic carbocycles. The molecule has 3 nitrogen and oxygen atoms in total. The molecule has 0 heterocycles. The van der Waals surface area contributed by atoms with Gasteiger partial charge in [0, 0.05) is 30.9 Å². The third kappa shape index (κ3) is 5.44. The fourth-order valence-corrected chi connectivity index (χ4v) is 2.53. The Hall–Kier alpha value is -2.29.